The fraction of sp³-hybridized carbons (Fsp3) is 0.571. The third kappa shape index (κ3) is 1.65. The largest absolute Gasteiger partial charge is 0.388 e. The molecular formula is C14H17FO. The van der Waals surface area contributed by atoms with Crippen molar-refractivity contribution in [3.63, 3.8) is 0 Å². The molecule has 2 fully saturated rings. The van der Waals surface area contributed by atoms with Gasteiger partial charge in [0, 0.05) is 0 Å². The van der Waals surface area contributed by atoms with Crippen molar-refractivity contribution in [3.05, 3.63) is 35.1 Å². The van der Waals surface area contributed by atoms with E-state index < -0.39 is 6.10 Å². The van der Waals surface area contributed by atoms with E-state index in [4.69, 9.17) is 0 Å². The van der Waals surface area contributed by atoms with E-state index in [0.717, 1.165) is 30.2 Å². The third-order valence-corrected chi connectivity index (χ3v) is 4.26. The Kier molecular flexibility index (Phi) is 2.28. The maximum Gasteiger partial charge on any atom is 0.126 e. The molecule has 1 nitrogen and oxygen atoms in total. The van der Waals surface area contributed by atoms with E-state index in [1.54, 1.807) is 13.0 Å². The minimum Gasteiger partial charge on any atom is -0.388 e. The Morgan fingerprint density at radius 1 is 1.25 bits per heavy atom. The molecule has 3 atom stereocenters. The van der Waals surface area contributed by atoms with Gasteiger partial charge in [-0.3, -0.25) is 0 Å². The van der Waals surface area contributed by atoms with Crippen LogP contribution < -0.4 is 0 Å². The van der Waals surface area contributed by atoms with Gasteiger partial charge in [-0.25, -0.2) is 4.39 Å². The first-order valence-corrected chi connectivity index (χ1v) is 6.09. The molecule has 2 saturated carbocycles. The van der Waals surface area contributed by atoms with Gasteiger partial charge >= 0.3 is 0 Å². The van der Waals surface area contributed by atoms with Gasteiger partial charge in [-0.1, -0.05) is 12.1 Å². The maximum absolute atomic E-state index is 13.4. The van der Waals surface area contributed by atoms with Crippen LogP contribution in [0.3, 0.4) is 0 Å². The lowest BCUT2D eigenvalue weighted by Crippen LogP contribution is -2.11. The van der Waals surface area contributed by atoms with Gasteiger partial charge in [-0.05, 0) is 61.1 Å². The fourth-order valence-corrected chi connectivity index (χ4v) is 3.08. The second-order valence-corrected chi connectivity index (χ2v) is 5.44. The molecular weight excluding hydrogens is 203 g/mol. The van der Waals surface area contributed by atoms with E-state index in [1.165, 1.54) is 12.5 Å². The summed E-state index contributed by atoms with van der Waals surface area (Å²) in [4.78, 5) is 0. The van der Waals surface area contributed by atoms with Gasteiger partial charge in [0.05, 0.1) is 6.10 Å². The van der Waals surface area contributed by atoms with Crippen LogP contribution in [-0.2, 0) is 0 Å². The van der Waals surface area contributed by atoms with E-state index in [-0.39, 0.29) is 5.82 Å². The molecule has 0 bridgehead atoms. The summed E-state index contributed by atoms with van der Waals surface area (Å²) >= 11 is 0. The summed E-state index contributed by atoms with van der Waals surface area (Å²) < 4.78 is 13.4. The zero-order chi connectivity index (χ0) is 11.3. The minimum atomic E-state index is -0.470. The molecule has 1 N–H and O–H groups in total. The fourth-order valence-electron chi connectivity index (χ4n) is 3.08. The molecule has 1 aromatic carbocycles. The van der Waals surface area contributed by atoms with Crippen molar-refractivity contribution in [2.24, 2.45) is 17.8 Å². The molecule has 3 unspecified atom stereocenters. The summed E-state index contributed by atoms with van der Waals surface area (Å²) in [5.74, 6) is 1.86. The first-order valence-electron chi connectivity index (χ1n) is 6.09. The van der Waals surface area contributed by atoms with Gasteiger partial charge in [0.2, 0.25) is 0 Å². The average molecular weight is 220 g/mol. The van der Waals surface area contributed by atoms with Crippen LogP contribution in [-0.4, -0.2) is 5.11 Å². The predicted octanol–water partition coefficient (Wildman–Crippen LogP) is 3.21. The van der Waals surface area contributed by atoms with Gasteiger partial charge in [0.25, 0.3) is 0 Å². The number of aliphatic hydroxyl groups excluding tert-OH is 1. The lowest BCUT2D eigenvalue weighted by Gasteiger charge is -2.20. The highest BCUT2D eigenvalue weighted by Crippen LogP contribution is 2.57. The first-order chi connectivity index (χ1) is 7.65. The SMILES string of the molecule is Cc1ccc(C(O)C2CC3CC3C2)cc1F. The molecule has 0 amide bonds. The zero-order valence-electron chi connectivity index (χ0n) is 9.49. The molecule has 16 heavy (non-hydrogen) atoms. The van der Waals surface area contributed by atoms with Crippen LogP contribution in [0.25, 0.3) is 0 Å². The number of aryl methyl sites for hydroxylation is 1. The van der Waals surface area contributed by atoms with Crippen molar-refractivity contribution in [1.82, 2.24) is 0 Å². The normalized spacial score (nSPS) is 33.6. The molecule has 0 aliphatic heterocycles. The topological polar surface area (TPSA) is 20.2 Å². The summed E-state index contributed by atoms with van der Waals surface area (Å²) in [6, 6.07) is 5.10. The van der Waals surface area contributed by atoms with E-state index in [0.29, 0.717) is 11.5 Å². The van der Waals surface area contributed by atoms with E-state index in [1.807, 2.05) is 6.07 Å². The summed E-state index contributed by atoms with van der Waals surface area (Å²) in [6.07, 6.45) is 3.14. The van der Waals surface area contributed by atoms with Gasteiger partial charge in [-0.15, -0.1) is 0 Å². The minimum absolute atomic E-state index is 0.209. The second kappa shape index (κ2) is 3.56. The van der Waals surface area contributed by atoms with Crippen LogP contribution in [0.4, 0.5) is 4.39 Å². The van der Waals surface area contributed by atoms with Crippen molar-refractivity contribution in [2.75, 3.05) is 0 Å². The Morgan fingerprint density at radius 2 is 1.94 bits per heavy atom. The first kappa shape index (κ1) is 10.3. The Balaban J connectivity index is 1.77. The molecule has 0 heterocycles. The highest BCUT2D eigenvalue weighted by Gasteiger charge is 2.47. The number of hydrogen-bond acceptors (Lipinski definition) is 1. The van der Waals surface area contributed by atoms with Crippen LogP contribution in [0.5, 0.6) is 0 Å². The molecule has 0 saturated heterocycles. The van der Waals surface area contributed by atoms with Crippen LogP contribution in [0.15, 0.2) is 18.2 Å². The summed E-state index contributed by atoms with van der Waals surface area (Å²) in [5, 5.41) is 10.2. The third-order valence-electron chi connectivity index (χ3n) is 4.26. The number of rotatable bonds is 2. The Labute approximate surface area is 95.3 Å². The molecule has 0 aromatic heterocycles. The van der Waals surface area contributed by atoms with Crippen LogP contribution in [0, 0.1) is 30.5 Å². The number of benzene rings is 1. The highest BCUT2D eigenvalue weighted by atomic mass is 19.1. The van der Waals surface area contributed by atoms with Gasteiger partial charge in [0.15, 0.2) is 0 Å². The molecule has 2 aliphatic carbocycles. The van der Waals surface area contributed by atoms with Crippen molar-refractivity contribution >= 4 is 0 Å². The molecule has 2 aliphatic rings. The number of hydrogen-bond donors (Lipinski definition) is 1. The number of aliphatic hydroxyl groups is 1. The Bertz CT molecular complexity index is 405. The number of fused-ring (bicyclic) bond motifs is 1. The van der Waals surface area contributed by atoms with Gasteiger partial charge in [-0.2, -0.15) is 0 Å². The quantitative estimate of drug-likeness (QED) is 0.811. The van der Waals surface area contributed by atoms with Crippen LogP contribution in [0.1, 0.15) is 36.5 Å². The smallest absolute Gasteiger partial charge is 0.126 e. The Morgan fingerprint density at radius 3 is 2.56 bits per heavy atom. The molecule has 3 rings (SSSR count). The zero-order valence-corrected chi connectivity index (χ0v) is 9.49. The maximum atomic E-state index is 13.4. The monoisotopic (exact) mass is 220 g/mol. The van der Waals surface area contributed by atoms with Crippen molar-refractivity contribution in [3.8, 4) is 0 Å². The van der Waals surface area contributed by atoms with Crippen molar-refractivity contribution in [2.45, 2.75) is 32.3 Å². The molecule has 0 spiro atoms. The van der Waals surface area contributed by atoms with Crippen LogP contribution in [0.2, 0.25) is 0 Å². The summed E-state index contributed by atoms with van der Waals surface area (Å²) in [6.45, 7) is 1.75. The van der Waals surface area contributed by atoms with Crippen molar-refractivity contribution < 1.29 is 9.50 Å². The lowest BCUT2D eigenvalue weighted by molar-refractivity contribution is 0.104. The van der Waals surface area contributed by atoms with Gasteiger partial charge < -0.3 is 5.11 Å². The summed E-state index contributed by atoms with van der Waals surface area (Å²) in [7, 11) is 0. The van der Waals surface area contributed by atoms with E-state index in [2.05, 4.69) is 0 Å². The predicted molar refractivity (Wildman–Crippen MR) is 60.4 cm³/mol. The van der Waals surface area contributed by atoms with E-state index >= 15 is 0 Å². The Hall–Kier alpha value is -0.890. The second-order valence-electron chi connectivity index (χ2n) is 5.44. The number of halogens is 1. The standard InChI is InChI=1S/C14H17FO/c1-8-2-3-9(7-13(8)15)14(16)12-5-10-4-11(10)6-12/h2-3,7,10-12,14,16H,4-6H2,1H3. The van der Waals surface area contributed by atoms with Crippen molar-refractivity contribution in [1.29, 1.82) is 0 Å². The molecule has 2 heteroatoms. The average Bonchev–Trinajstić information content (AvgIpc) is 2.89. The van der Waals surface area contributed by atoms with E-state index in [9.17, 15) is 9.50 Å². The molecule has 1 aromatic rings. The molecule has 86 valence electrons. The van der Waals surface area contributed by atoms with Crippen LogP contribution >= 0.6 is 0 Å². The highest BCUT2D eigenvalue weighted by molar-refractivity contribution is 5.25. The summed E-state index contributed by atoms with van der Waals surface area (Å²) in [5.41, 5.74) is 1.39. The molecule has 0 radical (unpaired) electrons. The lowest BCUT2D eigenvalue weighted by atomic mass is 9.91. The van der Waals surface area contributed by atoms with Gasteiger partial charge in [0.1, 0.15) is 5.82 Å².